The molecule has 0 saturated carbocycles. The Bertz CT molecular complexity index is 879. The molecule has 0 bridgehead atoms. The first-order valence-electron chi connectivity index (χ1n) is 11.4. The number of unbranched alkanes of at least 4 members (excludes halogenated alkanes) is 2. The van der Waals surface area contributed by atoms with Crippen LogP contribution in [0.3, 0.4) is 0 Å². The van der Waals surface area contributed by atoms with E-state index in [4.69, 9.17) is 14.3 Å². The molecule has 2 heterocycles. The number of rotatable bonds is 9. The fourth-order valence-electron chi connectivity index (χ4n) is 3.62. The van der Waals surface area contributed by atoms with E-state index in [1.54, 1.807) is 14.0 Å². The average molecular weight is 570 g/mol. The van der Waals surface area contributed by atoms with Crippen LogP contribution in [0.15, 0.2) is 33.8 Å². The second-order valence-corrected chi connectivity index (χ2v) is 7.78. The molecule has 182 valence electrons. The number of piperazine rings is 1. The van der Waals surface area contributed by atoms with E-state index in [0.29, 0.717) is 11.7 Å². The van der Waals surface area contributed by atoms with Gasteiger partial charge in [-0.15, -0.1) is 24.0 Å². The quantitative estimate of drug-likeness (QED) is 0.214. The molecule has 9 nitrogen and oxygen atoms in total. The van der Waals surface area contributed by atoms with Gasteiger partial charge in [0.2, 0.25) is 17.6 Å². The maximum Gasteiger partial charge on any atom is 0.226 e. The number of methoxy groups -OCH3 is 1. The zero-order chi connectivity index (χ0) is 22.8. The van der Waals surface area contributed by atoms with Crippen LogP contribution in [0, 0.1) is 0 Å². The molecule has 0 radical (unpaired) electrons. The van der Waals surface area contributed by atoms with Gasteiger partial charge in [-0.1, -0.05) is 11.6 Å². The number of hydrogen-bond acceptors (Lipinski definition) is 6. The van der Waals surface area contributed by atoms with Crippen LogP contribution in [0.1, 0.15) is 39.0 Å². The standard InChI is InChI=1S/C23H34N6O3.HI/c1-4-24-23(29-16-14-28(15-17-29)18(2)30)25-13-7-5-6-8-21-26-22(27-32-21)19-9-11-20(31-3)12-10-19;/h9-12H,4-8,13-17H2,1-3H3,(H,24,25);1H. The summed E-state index contributed by atoms with van der Waals surface area (Å²) in [4.78, 5) is 24.9. The van der Waals surface area contributed by atoms with Crippen molar-refractivity contribution in [3.8, 4) is 17.1 Å². The number of carbonyl (C=O) groups excluding carboxylic acids is 1. The maximum absolute atomic E-state index is 11.5. The van der Waals surface area contributed by atoms with Gasteiger partial charge in [0.1, 0.15) is 5.75 Å². The summed E-state index contributed by atoms with van der Waals surface area (Å²) in [6.07, 6.45) is 3.79. The van der Waals surface area contributed by atoms with Gasteiger partial charge in [-0.05, 0) is 44.0 Å². The number of halogens is 1. The third-order valence-electron chi connectivity index (χ3n) is 5.49. The average Bonchev–Trinajstić information content (AvgIpc) is 3.29. The zero-order valence-corrected chi connectivity index (χ0v) is 22.1. The van der Waals surface area contributed by atoms with Crippen molar-refractivity contribution in [1.82, 2.24) is 25.3 Å². The van der Waals surface area contributed by atoms with Crippen molar-refractivity contribution in [2.45, 2.75) is 39.5 Å². The van der Waals surface area contributed by atoms with Crippen molar-refractivity contribution in [2.24, 2.45) is 4.99 Å². The van der Waals surface area contributed by atoms with Crippen molar-refractivity contribution in [2.75, 3.05) is 46.4 Å². The molecule has 1 aliphatic rings. The molecule has 1 aliphatic heterocycles. The Hall–Kier alpha value is -2.37. The number of nitrogens with one attached hydrogen (secondary N) is 1. The Kier molecular flexibility index (Phi) is 11.4. The molecule has 2 aromatic rings. The van der Waals surface area contributed by atoms with Crippen LogP contribution in [-0.2, 0) is 11.2 Å². The molecule has 0 atom stereocenters. The summed E-state index contributed by atoms with van der Waals surface area (Å²) in [5.74, 6) is 3.15. The Balaban J connectivity index is 0.00000385. The van der Waals surface area contributed by atoms with E-state index >= 15 is 0 Å². The molecule has 1 aromatic heterocycles. The highest BCUT2D eigenvalue weighted by Gasteiger charge is 2.20. The lowest BCUT2D eigenvalue weighted by Gasteiger charge is -2.36. The summed E-state index contributed by atoms with van der Waals surface area (Å²) in [7, 11) is 1.64. The molecule has 0 aliphatic carbocycles. The van der Waals surface area contributed by atoms with Gasteiger partial charge in [0.05, 0.1) is 7.11 Å². The van der Waals surface area contributed by atoms with E-state index in [9.17, 15) is 4.79 Å². The van der Waals surface area contributed by atoms with Gasteiger partial charge in [-0.2, -0.15) is 4.98 Å². The smallest absolute Gasteiger partial charge is 0.226 e. The van der Waals surface area contributed by atoms with Crippen molar-refractivity contribution in [1.29, 1.82) is 0 Å². The van der Waals surface area contributed by atoms with Crippen LogP contribution in [0.5, 0.6) is 5.75 Å². The van der Waals surface area contributed by atoms with Crippen LogP contribution < -0.4 is 10.1 Å². The van der Waals surface area contributed by atoms with E-state index in [0.717, 1.165) is 82.2 Å². The third-order valence-corrected chi connectivity index (χ3v) is 5.49. The van der Waals surface area contributed by atoms with E-state index in [2.05, 4.69) is 27.3 Å². The highest BCUT2D eigenvalue weighted by Crippen LogP contribution is 2.20. The summed E-state index contributed by atoms with van der Waals surface area (Å²) in [6, 6.07) is 7.62. The first kappa shape index (κ1) is 26.9. The van der Waals surface area contributed by atoms with Crippen LogP contribution in [-0.4, -0.2) is 78.2 Å². The minimum absolute atomic E-state index is 0. The first-order valence-corrected chi connectivity index (χ1v) is 11.4. The lowest BCUT2D eigenvalue weighted by Crippen LogP contribution is -2.53. The fourth-order valence-corrected chi connectivity index (χ4v) is 3.62. The second kappa shape index (κ2) is 14.0. The molecule has 1 aromatic carbocycles. The normalized spacial score (nSPS) is 14.1. The summed E-state index contributed by atoms with van der Waals surface area (Å²) in [5.41, 5.74) is 0.912. The van der Waals surface area contributed by atoms with Gasteiger partial charge in [-0.3, -0.25) is 9.79 Å². The number of amides is 1. The maximum atomic E-state index is 11.5. The highest BCUT2D eigenvalue weighted by molar-refractivity contribution is 14.0. The van der Waals surface area contributed by atoms with Gasteiger partial charge < -0.3 is 24.4 Å². The van der Waals surface area contributed by atoms with Crippen LogP contribution >= 0.6 is 24.0 Å². The van der Waals surface area contributed by atoms with E-state index < -0.39 is 0 Å². The van der Waals surface area contributed by atoms with Crippen LogP contribution in [0.2, 0.25) is 0 Å². The van der Waals surface area contributed by atoms with E-state index in [-0.39, 0.29) is 29.9 Å². The van der Waals surface area contributed by atoms with Crippen molar-refractivity contribution in [3.05, 3.63) is 30.2 Å². The molecular formula is C23H35IN6O3. The number of hydrogen-bond donors (Lipinski definition) is 1. The number of aliphatic imine (C=N–C) groups is 1. The largest absolute Gasteiger partial charge is 0.497 e. The predicted octanol–water partition coefficient (Wildman–Crippen LogP) is 3.21. The number of ether oxygens (including phenoxy) is 1. The molecule has 0 spiro atoms. The molecule has 10 heteroatoms. The predicted molar refractivity (Wildman–Crippen MR) is 139 cm³/mol. The zero-order valence-electron chi connectivity index (χ0n) is 19.7. The number of guanidine groups is 1. The topological polar surface area (TPSA) is 96.1 Å². The SMILES string of the molecule is CCNC(=NCCCCCc1nc(-c2ccc(OC)cc2)no1)N1CCN(C(C)=O)CC1.I. The fraction of sp³-hybridized carbons (Fsp3) is 0.565. The summed E-state index contributed by atoms with van der Waals surface area (Å²) in [5, 5.41) is 7.45. The van der Waals surface area contributed by atoms with Crippen LogP contribution in [0.4, 0.5) is 0 Å². The van der Waals surface area contributed by atoms with Gasteiger partial charge >= 0.3 is 0 Å². The number of aryl methyl sites for hydroxylation is 1. The van der Waals surface area contributed by atoms with Crippen molar-refractivity contribution >= 4 is 35.8 Å². The Morgan fingerprint density at radius 1 is 1.12 bits per heavy atom. The van der Waals surface area contributed by atoms with E-state index in [1.807, 2.05) is 29.2 Å². The molecule has 0 unspecified atom stereocenters. The lowest BCUT2D eigenvalue weighted by molar-refractivity contribution is -0.130. The minimum atomic E-state index is 0. The van der Waals surface area contributed by atoms with Crippen LogP contribution in [0.25, 0.3) is 11.4 Å². The van der Waals surface area contributed by atoms with E-state index in [1.165, 1.54) is 0 Å². The molecule has 1 fully saturated rings. The first-order chi connectivity index (χ1) is 15.6. The molecular weight excluding hydrogens is 535 g/mol. The number of aromatic nitrogens is 2. The molecule has 3 rings (SSSR count). The van der Waals surface area contributed by atoms with Crippen molar-refractivity contribution in [3.63, 3.8) is 0 Å². The summed E-state index contributed by atoms with van der Waals surface area (Å²) < 4.78 is 10.6. The second-order valence-electron chi connectivity index (χ2n) is 7.78. The molecule has 33 heavy (non-hydrogen) atoms. The van der Waals surface area contributed by atoms with Gasteiger partial charge in [0.15, 0.2) is 5.96 Å². The molecule has 1 N–H and O–H groups in total. The summed E-state index contributed by atoms with van der Waals surface area (Å²) >= 11 is 0. The summed E-state index contributed by atoms with van der Waals surface area (Å²) in [6.45, 7) is 8.45. The molecule has 1 saturated heterocycles. The third kappa shape index (κ3) is 8.17. The number of benzene rings is 1. The van der Waals surface area contributed by atoms with Gasteiger partial charge in [-0.25, -0.2) is 0 Å². The van der Waals surface area contributed by atoms with Gasteiger partial charge in [0.25, 0.3) is 0 Å². The van der Waals surface area contributed by atoms with Gasteiger partial charge in [0, 0.05) is 58.2 Å². The molecule has 1 amide bonds. The lowest BCUT2D eigenvalue weighted by atomic mass is 10.2. The monoisotopic (exact) mass is 570 g/mol. The minimum Gasteiger partial charge on any atom is -0.497 e. The Morgan fingerprint density at radius 2 is 1.82 bits per heavy atom. The number of nitrogens with zero attached hydrogens (tertiary/aromatic N) is 5. The highest BCUT2D eigenvalue weighted by atomic mass is 127. The Morgan fingerprint density at radius 3 is 2.45 bits per heavy atom. The Labute approximate surface area is 213 Å². The number of carbonyl (C=O) groups is 1. The van der Waals surface area contributed by atoms with Crippen molar-refractivity contribution < 1.29 is 14.1 Å².